The van der Waals surface area contributed by atoms with Crippen LogP contribution in [0.15, 0.2) is 109 Å². The maximum Gasteiger partial charge on any atom is -0.00258 e. The molecule has 0 radical (unpaired) electrons. The summed E-state index contributed by atoms with van der Waals surface area (Å²) < 4.78 is 0. The monoisotopic (exact) mass is 360 g/mol. The van der Waals surface area contributed by atoms with Crippen molar-refractivity contribution in [2.45, 2.75) is 12.8 Å². The van der Waals surface area contributed by atoms with Crippen LogP contribution in [0.2, 0.25) is 0 Å². The highest BCUT2D eigenvalue weighted by atomic mass is 14.0. The van der Waals surface area contributed by atoms with Gasteiger partial charge in [0.25, 0.3) is 0 Å². The molecular formula is C28H24. The lowest BCUT2D eigenvalue weighted by atomic mass is 10.0. The zero-order valence-corrected chi connectivity index (χ0v) is 16.0. The fourth-order valence-corrected chi connectivity index (χ4v) is 3.35. The summed E-state index contributed by atoms with van der Waals surface area (Å²) in [6.45, 7) is 0. The first kappa shape index (κ1) is 18.0. The summed E-state index contributed by atoms with van der Waals surface area (Å²) in [6.07, 6.45) is 6.32. The third-order valence-electron chi connectivity index (χ3n) is 4.93. The van der Waals surface area contributed by atoms with Gasteiger partial charge in [-0.05, 0) is 46.2 Å². The molecule has 0 nitrogen and oxygen atoms in total. The van der Waals surface area contributed by atoms with Gasteiger partial charge < -0.3 is 0 Å². The summed E-state index contributed by atoms with van der Waals surface area (Å²) in [7, 11) is 0. The first-order chi connectivity index (χ1) is 13.8. The average Bonchev–Trinajstić information content (AvgIpc) is 2.76. The smallest absolute Gasteiger partial charge is 0.00258 e. The highest BCUT2D eigenvalue weighted by Gasteiger charge is 1.97. The van der Waals surface area contributed by atoms with Crippen molar-refractivity contribution in [2.75, 3.05) is 0 Å². The number of hydrogen-bond donors (Lipinski definition) is 0. The molecule has 4 rings (SSSR count). The third kappa shape index (κ3) is 5.08. The Morgan fingerprint density at radius 3 is 1.04 bits per heavy atom. The van der Waals surface area contributed by atoms with Crippen molar-refractivity contribution in [3.63, 3.8) is 0 Å². The van der Waals surface area contributed by atoms with Gasteiger partial charge in [-0.25, -0.2) is 0 Å². The highest BCUT2D eigenvalue weighted by Crippen LogP contribution is 2.15. The first-order valence-corrected chi connectivity index (χ1v) is 9.79. The fourth-order valence-electron chi connectivity index (χ4n) is 3.35. The van der Waals surface area contributed by atoms with Gasteiger partial charge in [0, 0.05) is 0 Å². The molecule has 0 saturated heterocycles. The molecule has 0 saturated carbocycles. The Hall–Kier alpha value is -3.38. The van der Waals surface area contributed by atoms with E-state index in [0.29, 0.717) is 0 Å². The maximum atomic E-state index is 2.22. The largest absolute Gasteiger partial charge is 0.0622 e. The van der Waals surface area contributed by atoms with Crippen molar-refractivity contribution in [3.8, 4) is 0 Å². The molecule has 4 aromatic carbocycles. The summed E-state index contributed by atoms with van der Waals surface area (Å²) in [5.74, 6) is 0. The molecule has 0 amide bonds. The molecule has 0 fully saturated rings. The van der Waals surface area contributed by atoms with Crippen LogP contribution in [0, 0.1) is 0 Å². The fraction of sp³-hybridized carbons (Fsp3) is 0.0714. The average molecular weight is 361 g/mol. The molecule has 0 aromatic heterocycles. The van der Waals surface area contributed by atoms with Crippen LogP contribution >= 0.6 is 0 Å². The lowest BCUT2D eigenvalue weighted by Gasteiger charge is -2.03. The van der Waals surface area contributed by atoms with E-state index in [1.807, 2.05) is 0 Å². The van der Waals surface area contributed by atoms with Crippen LogP contribution in [0.3, 0.4) is 0 Å². The molecule has 0 bridgehead atoms. The van der Waals surface area contributed by atoms with Crippen molar-refractivity contribution >= 4 is 12.2 Å². The Kier molecular flexibility index (Phi) is 5.80. The topological polar surface area (TPSA) is 0 Å². The molecule has 0 unspecified atom stereocenters. The molecular weight excluding hydrogens is 336 g/mol. The van der Waals surface area contributed by atoms with Gasteiger partial charge >= 0.3 is 0 Å². The van der Waals surface area contributed by atoms with E-state index in [4.69, 9.17) is 0 Å². The van der Waals surface area contributed by atoms with E-state index in [1.165, 1.54) is 33.4 Å². The Balaban J connectivity index is 1.37. The van der Waals surface area contributed by atoms with Crippen LogP contribution in [-0.4, -0.2) is 0 Å². The predicted octanol–water partition coefficient (Wildman–Crippen LogP) is 7.04. The first-order valence-electron chi connectivity index (χ1n) is 9.79. The Morgan fingerprint density at radius 1 is 0.357 bits per heavy atom. The van der Waals surface area contributed by atoms with Crippen LogP contribution in [0.5, 0.6) is 0 Å². The van der Waals surface area contributed by atoms with E-state index in [9.17, 15) is 0 Å². The van der Waals surface area contributed by atoms with E-state index in [2.05, 4.69) is 121 Å². The molecule has 0 N–H and O–H groups in total. The quantitative estimate of drug-likeness (QED) is 0.324. The summed E-state index contributed by atoms with van der Waals surface area (Å²) in [5.41, 5.74) is 7.83. The standard InChI is InChI=1S/C28H24/c1-3-7-25(8-4-1)21-27-17-13-23(14-18-27)11-12-24-15-19-28(20-16-24)22-26-9-5-2-6-10-26/h1-20H,21-22H2/b12-11+. The van der Waals surface area contributed by atoms with E-state index < -0.39 is 0 Å². The minimum absolute atomic E-state index is 0.980. The van der Waals surface area contributed by atoms with Gasteiger partial charge in [0.1, 0.15) is 0 Å². The van der Waals surface area contributed by atoms with Gasteiger partial charge in [0.05, 0.1) is 0 Å². The number of benzene rings is 4. The molecule has 136 valence electrons. The van der Waals surface area contributed by atoms with Gasteiger partial charge in [-0.1, -0.05) is 121 Å². The molecule has 28 heavy (non-hydrogen) atoms. The van der Waals surface area contributed by atoms with Crippen LogP contribution in [-0.2, 0) is 12.8 Å². The third-order valence-corrected chi connectivity index (χ3v) is 4.93. The van der Waals surface area contributed by atoms with Crippen molar-refractivity contribution in [3.05, 3.63) is 143 Å². The van der Waals surface area contributed by atoms with Gasteiger partial charge in [0.2, 0.25) is 0 Å². The van der Waals surface area contributed by atoms with E-state index >= 15 is 0 Å². The minimum atomic E-state index is 0.980. The van der Waals surface area contributed by atoms with Crippen LogP contribution < -0.4 is 0 Å². The molecule has 0 aliphatic carbocycles. The second kappa shape index (κ2) is 9.01. The maximum absolute atomic E-state index is 2.22. The van der Waals surface area contributed by atoms with Crippen molar-refractivity contribution in [1.29, 1.82) is 0 Å². The van der Waals surface area contributed by atoms with Crippen molar-refractivity contribution in [2.24, 2.45) is 0 Å². The summed E-state index contributed by atoms with van der Waals surface area (Å²) in [6, 6.07) is 38.8. The zero-order valence-electron chi connectivity index (χ0n) is 16.0. The second-order valence-corrected chi connectivity index (χ2v) is 7.14. The molecule has 4 aromatic rings. The molecule has 0 atom stereocenters. The van der Waals surface area contributed by atoms with Gasteiger partial charge in [-0.2, -0.15) is 0 Å². The highest BCUT2D eigenvalue weighted by molar-refractivity contribution is 5.69. The van der Waals surface area contributed by atoms with Crippen LogP contribution in [0.4, 0.5) is 0 Å². The van der Waals surface area contributed by atoms with Crippen LogP contribution in [0.1, 0.15) is 33.4 Å². The van der Waals surface area contributed by atoms with Crippen molar-refractivity contribution in [1.82, 2.24) is 0 Å². The van der Waals surface area contributed by atoms with E-state index in [0.717, 1.165) is 12.8 Å². The summed E-state index contributed by atoms with van der Waals surface area (Å²) in [4.78, 5) is 0. The van der Waals surface area contributed by atoms with Gasteiger partial charge in [-0.3, -0.25) is 0 Å². The van der Waals surface area contributed by atoms with E-state index in [-0.39, 0.29) is 0 Å². The van der Waals surface area contributed by atoms with Crippen molar-refractivity contribution < 1.29 is 0 Å². The Morgan fingerprint density at radius 2 is 0.679 bits per heavy atom. The lowest BCUT2D eigenvalue weighted by Crippen LogP contribution is -1.87. The second-order valence-electron chi connectivity index (χ2n) is 7.14. The normalized spacial score (nSPS) is 11.0. The zero-order chi connectivity index (χ0) is 19.0. The van der Waals surface area contributed by atoms with Gasteiger partial charge in [-0.15, -0.1) is 0 Å². The molecule has 0 heterocycles. The number of hydrogen-bond acceptors (Lipinski definition) is 0. The van der Waals surface area contributed by atoms with E-state index in [1.54, 1.807) is 0 Å². The number of rotatable bonds is 6. The molecule has 0 heteroatoms. The van der Waals surface area contributed by atoms with Crippen LogP contribution in [0.25, 0.3) is 12.2 Å². The lowest BCUT2D eigenvalue weighted by molar-refractivity contribution is 1.19. The minimum Gasteiger partial charge on any atom is -0.0622 e. The Labute approximate surface area is 167 Å². The molecule has 0 spiro atoms. The SMILES string of the molecule is C(=C\c1ccc(Cc2ccccc2)cc1)/c1ccc(Cc2ccccc2)cc1. The van der Waals surface area contributed by atoms with Gasteiger partial charge in [0.15, 0.2) is 0 Å². The Bertz CT molecular complexity index is 922. The summed E-state index contributed by atoms with van der Waals surface area (Å²) in [5, 5.41) is 0. The molecule has 0 aliphatic heterocycles. The predicted molar refractivity (Wildman–Crippen MR) is 120 cm³/mol. The molecule has 0 aliphatic rings. The summed E-state index contributed by atoms with van der Waals surface area (Å²) >= 11 is 0.